The fraction of sp³-hybridized carbons (Fsp3) is 0.750. The zero-order valence-electron chi connectivity index (χ0n) is 13.8. The molecule has 1 aliphatic rings. The monoisotopic (exact) mass is 291 g/mol. The molecule has 0 saturated carbocycles. The van der Waals surface area contributed by atoms with Gasteiger partial charge in [0.1, 0.15) is 18.0 Å². The third-order valence-electron chi connectivity index (χ3n) is 4.41. The van der Waals surface area contributed by atoms with Gasteiger partial charge in [0.05, 0.1) is 0 Å². The van der Waals surface area contributed by atoms with E-state index in [1.807, 2.05) is 7.05 Å². The molecule has 0 radical (unpaired) electrons. The van der Waals surface area contributed by atoms with Gasteiger partial charge in [0.2, 0.25) is 0 Å². The average Bonchev–Trinajstić information content (AvgIpc) is 2.52. The molecule has 1 saturated heterocycles. The van der Waals surface area contributed by atoms with Crippen LogP contribution in [0.2, 0.25) is 0 Å². The van der Waals surface area contributed by atoms with E-state index >= 15 is 0 Å². The molecule has 0 amide bonds. The summed E-state index contributed by atoms with van der Waals surface area (Å²) < 4.78 is 0. The Balaban J connectivity index is 1.97. The predicted molar refractivity (Wildman–Crippen MR) is 89.0 cm³/mol. The van der Waals surface area contributed by atoms with Gasteiger partial charge in [-0.1, -0.05) is 20.8 Å². The van der Waals surface area contributed by atoms with Crippen LogP contribution >= 0.6 is 0 Å². The fourth-order valence-corrected chi connectivity index (χ4v) is 3.03. The van der Waals surface area contributed by atoms with Crippen molar-refractivity contribution in [2.75, 3.05) is 43.9 Å². The topological polar surface area (TPSA) is 53.1 Å². The summed E-state index contributed by atoms with van der Waals surface area (Å²) in [5, 5.41) is 6.73. The molecule has 0 unspecified atom stereocenters. The average molecular weight is 291 g/mol. The summed E-state index contributed by atoms with van der Waals surface area (Å²) in [6, 6.07) is 0. The van der Waals surface area contributed by atoms with Gasteiger partial charge in [0.25, 0.3) is 0 Å². The molecule has 2 N–H and O–H groups in total. The lowest BCUT2D eigenvalue weighted by Gasteiger charge is -2.31. The van der Waals surface area contributed by atoms with Crippen LogP contribution < -0.4 is 10.6 Å². The van der Waals surface area contributed by atoms with Gasteiger partial charge in [-0.05, 0) is 44.3 Å². The quantitative estimate of drug-likeness (QED) is 0.844. The molecule has 2 rings (SSSR count). The number of hydrogen-bond donors (Lipinski definition) is 2. The van der Waals surface area contributed by atoms with Crippen LogP contribution in [0.3, 0.4) is 0 Å². The Labute approximate surface area is 128 Å². The van der Waals surface area contributed by atoms with E-state index in [2.05, 4.69) is 46.3 Å². The van der Waals surface area contributed by atoms with Crippen LogP contribution in [0.1, 0.15) is 45.1 Å². The van der Waals surface area contributed by atoms with Crippen LogP contribution in [-0.4, -0.2) is 48.1 Å². The highest BCUT2D eigenvalue weighted by molar-refractivity contribution is 5.58. The number of nitrogens with zero attached hydrogens (tertiary/aromatic N) is 3. The zero-order valence-corrected chi connectivity index (χ0v) is 13.8. The summed E-state index contributed by atoms with van der Waals surface area (Å²) >= 11 is 0. The highest BCUT2D eigenvalue weighted by atomic mass is 15.1. The first kappa shape index (κ1) is 16.0. The van der Waals surface area contributed by atoms with Crippen molar-refractivity contribution in [2.24, 2.45) is 5.92 Å². The van der Waals surface area contributed by atoms with Gasteiger partial charge in [0, 0.05) is 19.2 Å². The molecule has 1 fully saturated rings. The van der Waals surface area contributed by atoms with E-state index in [-0.39, 0.29) is 0 Å². The number of anilines is 2. The Kier molecular flexibility index (Phi) is 5.79. The Morgan fingerprint density at radius 1 is 1.24 bits per heavy atom. The lowest BCUT2D eigenvalue weighted by Crippen LogP contribution is -2.35. The third-order valence-corrected chi connectivity index (χ3v) is 4.41. The Hall–Kier alpha value is -1.36. The molecule has 5 heteroatoms. The second-order valence-corrected chi connectivity index (χ2v) is 6.15. The molecular formula is C16H29N5. The van der Waals surface area contributed by atoms with Gasteiger partial charge in [-0.15, -0.1) is 0 Å². The van der Waals surface area contributed by atoms with Crippen molar-refractivity contribution in [2.45, 2.75) is 39.5 Å². The zero-order chi connectivity index (χ0) is 15.2. The van der Waals surface area contributed by atoms with Crippen LogP contribution in [0.25, 0.3) is 0 Å². The van der Waals surface area contributed by atoms with Crippen LogP contribution in [0.4, 0.5) is 11.6 Å². The van der Waals surface area contributed by atoms with Gasteiger partial charge >= 0.3 is 0 Å². The van der Waals surface area contributed by atoms with Gasteiger partial charge in [-0.25, -0.2) is 9.97 Å². The standard InChI is InChI=1S/C16H29N5/c1-5-21-8-6-13(7-9-21)10-18-16-14(12(2)3)15(17-4)19-11-20-16/h11-13H,5-10H2,1-4H3,(H2,17,18,19,20). The van der Waals surface area contributed by atoms with E-state index in [9.17, 15) is 0 Å². The van der Waals surface area contributed by atoms with Crippen molar-refractivity contribution < 1.29 is 0 Å². The van der Waals surface area contributed by atoms with E-state index in [0.29, 0.717) is 5.92 Å². The molecule has 0 spiro atoms. The molecular weight excluding hydrogens is 262 g/mol. The van der Waals surface area contributed by atoms with Crippen LogP contribution in [0, 0.1) is 5.92 Å². The van der Waals surface area contributed by atoms with Crippen LogP contribution in [-0.2, 0) is 0 Å². The summed E-state index contributed by atoms with van der Waals surface area (Å²) in [6.07, 6.45) is 4.20. The van der Waals surface area contributed by atoms with E-state index in [4.69, 9.17) is 0 Å². The lowest BCUT2D eigenvalue weighted by molar-refractivity contribution is 0.198. The smallest absolute Gasteiger partial charge is 0.134 e. The molecule has 118 valence electrons. The first-order valence-electron chi connectivity index (χ1n) is 8.14. The molecule has 2 heterocycles. The molecule has 0 aliphatic carbocycles. The van der Waals surface area contributed by atoms with E-state index in [1.165, 1.54) is 38.0 Å². The predicted octanol–water partition coefficient (Wildman–Crippen LogP) is 2.79. The molecule has 21 heavy (non-hydrogen) atoms. The van der Waals surface area contributed by atoms with E-state index in [0.717, 1.165) is 24.1 Å². The van der Waals surface area contributed by atoms with Crippen molar-refractivity contribution in [3.05, 3.63) is 11.9 Å². The van der Waals surface area contributed by atoms with Crippen molar-refractivity contribution in [1.82, 2.24) is 14.9 Å². The molecule has 0 aromatic carbocycles. The van der Waals surface area contributed by atoms with Gasteiger partial charge in [0.15, 0.2) is 0 Å². The summed E-state index contributed by atoms with van der Waals surface area (Å²) in [5.41, 5.74) is 1.19. The molecule has 0 atom stereocenters. The third kappa shape index (κ3) is 4.06. The SMILES string of the molecule is CCN1CCC(CNc2ncnc(NC)c2C(C)C)CC1. The Morgan fingerprint density at radius 3 is 2.48 bits per heavy atom. The maximum absolute atomic E-state index is 4.45. The fourth-order valence-electron chi connectivity index (χ4n) is 3.03. The number of nitrogens with one attached hydrogen (secondary N) is 2. The lowest BCUT2D eigenvalue weighted by atomic mass is 9.96. The largest absolute Gasteiger partial charge is 0.373 e. The summed E-state index contributed by atoms with van der Waals surface area (Å²) in [5.74, 6) is 3.07. The number of likely N-dealkylation sites (tertiary alicyclic amines) is 1. The van der Waals surface area contributed by atoms with Crippen molar-refractivity contribution >= 4 is 11.6 Å². The minimum absolute atomic E-state index is 0.401. The number of rotatable bonds is 6. The van der Waals surface area contributed by atoms with Crippen molar-refractivity contribution in [1.29, 1.82) is 0 Å². The molecule has 5 nitrogen and oxygen atoms in total. The summed E-state index contributed by atoms with van der Waals surface area (Å²) in [7, 11) is 1.92. The number of hydrogen-bond acceptors (Lipinski definition) is 5. The molecule has 1 aliphatic heterocycles. The van der Waals surface area contributed by atoms with Crippen LogP contribution in [0.15, 0.2) is 6.33 Å². The number of piperidine rings is 1. The molecule has 1 aromatic heterocycles. The molecule has 1 aromatic rings. The maximum Gasteiger partial charge on any atom is 0.134 e. The van der Waals surface area contributed by atoms with Crippen molar-refractivity contribution in [3.63, 3.8) is 0 Å². The van der Waals surface area contributed by atoms with Gasteiger partial charge in [-0.3, -0.25) is 0 Å². The van der Waals surface area contributed by atoms with Gasteiger partial charge < -0.3 is 15.5 Å². The van der Waals surface area contributed by atoms with E-state index in [1.54, 1.807) is 6.33 Å². The first-order chi connectivity index (χ1) is 10.2. The minimum atomic E-state index is 0.401. The summed E-state index contributed by atoms with van der Waals surface area (Å²) in [6.45, 7) is 11.3. The Bertz CT molecular complexity index is 438. The van der Waals surface area contributed by atoms with Gasteiger partial charge in [-0.2, -0.15) is 0 Å². The highest BCUT2D eigenvalue weighted by Crippen LogP contribution is 2.28. The van der Waals surface area contributed by atoms with E-state index < -0.39 is 0 Å². The highest BCUT2D eigenvalue weighted by Gasteiger charge is 2.19. The Morgan fingerprint density at radius 2 is 1.90 bits per heavy atom. The maximum atomic E-state index is 4.45. The van der Waals surface area contributed by atoms with Crippen LogP contribution in [0.5, 0.6) is 0 Å². The number of aromatic nitrogens is 2. The second kappa shape index (κ2) is 7.59. The normalized spacial score (nSPS) is 17.2. The molecule has 0 bridgehead atoms. The summed E-state index contributed by atoms with van der Waals surface area (Å²) in [4.78, 5) is 11.3. The van der Waals surface area contributed by atoms with Crippen molar-refractivity contribution in [3.8, 4) is 0 Å². The first-order valence-corrected chi connectivity index (χ1v) is 8.14. The minimum Gasteiger partial charge on any atom is -0.373 e. The second-order valence-electron chi connectivity index (χ2n) is 6.15.